The molecule has 2 N–H and O–H groups in total. The zero-order valence-electron chi connectivity index (χ0n) is 19.6. The average Bonchev–Trinajstić information content (AvgIpc) is 3.16. The van der Waals surface area contributed by atoms with Crippen LogP contribution in [0.5, 0.6) is 11.5 Å². The molecule has 0 fully saturated rings. The smallest absolute Gasteiger partial charge is 0.212 e. The van der Waals surface area contributed by atoms with Crippen molar-refractivity contribution in [2.24, 2.45) is 0 Å². The van der Waals surface area contributed by atoms with Gasteiger partial charge in [0.2, 0.25) is 9.84 Å². The summed E-state index contributed by atoms with van der Waals surface area (Å²) in [6, 6.07) is 18.9. The van der Waals surface area contributed by atoms with Gasteiger partial charge in [0.1, 0.15) is 16.2 Å². The molecule has 0 aliphatic carbocycles. The van der Waals surface area contributed by atoms with Gasteiger partial charge in [0.25, 0.3) is 0 Å². The van der Waals surface area contributed by atoms with E-state index in [9.17, 15) is 8.42 Å². The Morgan fingerprint density at radius 1 is 0.917 bits per heavy atom. The molecule has 2 heterocycles. The number of ether oxygens (including phenoxy) is 2. The summed E-state index contributed by atoms with van der Waals surface area (Å²) >= 11 is 5.98. The van der Waals surface area contributed by atoms with E-state index in [1.807, 2.05) is 36.4 Å². The highest BCUT2D eigenvalue weighted by Gasteiger charge is 2.30. The first-order valence-corrected chi connectivity index (χ1v) is 13.0. The van der Waals surface area contributed by atoms with Crippen molar-refractivity contribution in [2.45, 2.75) is 22.8 Å². The zero-order chi connectivity index (χ0) is 25.4. The summed E-state index contributed by atoms with van der Waals surface area (Å²) in [7, 11) is -0.851. The Balaban J connectivity index is 1.66. The molecule has 0 spiro atoms. The van der Waals surface area contributed by atoms with E-state index in [0.717, 1.165) is 5.56 Å². The lowest BCUT2D eigenvalue weighted by atomic mass is 10.1. The third-order valence-corrected chi connectivity index (χ3v) is 8.10. The van der Waals surface area contributed by atoms with Crippen LogP contribution in [-0.2, 0) is 22.8 Å². The molecule has 0 amide bonds. The number of aromatic nitrogens is 3. The van der Waals surface area contributed by atoms with Crippen LogP contribution >= 0.6 is 11.6 Å². The minimum atomic E-state index is -4.01. The van der Waals surface area contributed by atoms with Crippen molar-refractivity contribution >= 4 is 49.5 Å². The molecule has 0 aliphatic heterocycles. The van der Waals surface area contributed by atoms with Crippen molar-refractivity contribution in [1.82, 2.24) is 14.5 Å². The number of anilines is 1. The van der Waals surface area contributed by atoms with Crippen LogP contribution in [0.1, 0.15) is 5.56 Å². The van der Waals surface area contributed by atoms with Crippen molar-refractivity contribution in [1.29, 1.82) is 0 Å². The molecule has 8 nitrogen and oxygen atoms in total. The summed E-state index contributed by atoms with van der Waals surface area (Å²) in [5.41, 5.74) is 9.35. The molecule has 5 rings (SSSR count). The molecule has 184 valence electrons. The van der Waals surface area contributed by atoms with Crippen molar-refractivity contribution in [3.05, 3.63) is 77.3 Å². The Kier molecular flexibility index (Phi) is 6.19. The van der Waals surface area contributed by atoms with E-state index in [2.05, 4.69) is 4.98 Å². The molecule has 0 radical (unpaired) electrons. The van der Waals surface area contributed by atoms with Crippen molar-refractivity contribution < 1.29 is 17.9 Å². The maximum atomic E-state index is 13.7. The van der Waals surface area contributed by atoms with Crippen LogP contribution in [0.25, 0.3) is 22.2 Å². The largest absolute Gasteiger partial charge is 0.493 e. The Morgan fingerprint density at radius 2 is 1.58 bits per heavy atom. The quantitative estimate of drug-likeness (QED) is 0.323. The molecular weight excluding hydrogens is 500 g/mol. The summed E-state index contributed by atoms with van der Waals surface area (Å²) in [5.74, 6) is 1.31. The average molecular weight is 523 g/mol. The van der Waals surface area contributed by atoms with Crippen molar-refractivity contribution in [3.63, 3.8) is 0 Å². The fourth-order valence-corrected chi connectivity index (χ4v) is 5.82. The molecule has 0 atom stereocenters. The van der Waals surface area contributed by atoms with E-state index in [0.29, 0.717) is 46.2 Å². The number of sulfone groups is 1. The van der Waals surface area contributed by atoms with Gasteiger partial charge in [-0.05, 0) is 60.5 Å². The number of methoxy groups -OCH3 is 2. The second kappa shape index (κ2) is 9.33. The van der Waals surface area contributed by atoms with Crippen LogP contribution in [0, 0.1) is 0 Å². The van der Waals surface area contributed by atoms with E-state index >= 15 is 0 Å². The second-order valence-electron chi connectivity index (χ2n) is 8.15. The number of nitrogen functional groups attached to an aromatic ring is 1. The first-order valence-electron chi connectivity index (χ1n) is 11.1. The second-order valence-corrected chi connectivity index (χ2v) is 10.5. The molecule has 10 heteroatoms. The summed E-state index contributed by atoms with van der Waals surface area (Å²) in [5, 5.41) is 0.435. The lowest BCUT2D eigenvalue weighted by Gasteiger charge is -2.11. The molecule has 36 heavy (non-hydrogen) atoms. The topological polar surface area (TPSA) is 109 Å². The number of halogens is 1. The lowest BCUT2D eigenvalue weighted by Crippen LogP contribution is -2.09. The van der Waals surface area contributed by atoms with E-state index < -0.39 is 9.84 Å². The number of fused-ring (bicyclic) bond motifs is 2. The highest BCUT2D eigenvalue weighted by molar-refractivity contribution is 7.92. The molecule has 0 aliphatic rings. The number of para-hydroxylation sites is 2. The van der Waals surface area contributed by atoms with Crippen LogP contribution < -0.4 is 15.2 Å². The summed E-state index contributed by atoms with van der Waals surface area (Å²) in [6.07, 6.45) is 0.545. The Labute approximate surface area is 213 Å². The maximum absolute atomic E-state index is 13.7. The first kappa shape index (κ1) is 23.9. The first-order chi connectivity index (χ1) is 17.3. The molecule has 0 saturated heterocycles. The minimum absolute atomic E-state index is 0.0645. The van der Waals surface area contributed by atoms with E-state index in [1.165, 1.54) is 24.3 Å². The molecular formula is C26H23ClN4O4S. The number of benzene rings is 3. The molecule has 5 aromatic rings. The minimum Gasteiger partial charge on any atom is -0.493 e. The van der Waals surface area contributed by atoms with E-state index in [1.54, 1.807) is 24.9 Å². The SMILES string of the molecule is COc1ccc(CCn2c(N)c(S(=O)(=O)c3ccc(Cl)cc3)c3nc4ccccc4nc32)cc1OC. The monoisotopic (exact) mass is 522 g/mol. The zero-order valence-corrected chi connectivity index (χ0v) is 21.2. The van der Waals surface area contributed by atoms with Crippen LogP contribution in [0.15, 0.2) is 76.5 Å². The van der Waals surface area contributed by atoms with E-state index in [-0.39, 0.29) is 21.1 Å². The van der Waals surface area contributed by atoms with Crippen molar-refractivity contribution in [2.75, 3.05) is 20.0 Å². The van der Waals surface area contributed by atoms with Gasteiger partial charge in [0.15, 0.2) is 17.1 Å². The fraction of sp³-hybridized carbons (Fsp3) is 0.154. The Morgan fingerprint density at radius 3 is 2.25 bits per heavy atom. The van der Waals surface area contributed by atoms with Gasteiger partial charge in [0, 0.05) is 11.6 Å². The van der Waals surface area contributed by atoms with Gasteiger partial charge in [-0.2, -0.15) is 0 Å². The van der Waals surface area contributed by atoms with Crippen LogP contribution in [0.4, 0.5) is 5.82 Å². The predicted molar refractivity (Wildman–Crippen MR) is 140 cm³/mol. The number of rotatable bonds is 7. The predicted octanol–water partition coefficient (Wildman–Crippen LogP) is 4.91. The highest BCUT2D eigenvalue weighted by Crippen LogP contribution is 2.36. The third-order valence-electron chi connectivity index (χ3n) is 6.01. The Bertz CT molecular complexity index is 1700. The van der Waals surface area contributed by atoms with Crippen molar-refractivity contribution in [3.8, 4) is 11.5 Å². The lowest BCUT2D eigenvalue weighted by molar-refractivity contribution is 0.354. The Hall–Kier alpha value is -3.82. The molecule has 0 bridgehead atoms. The van der Waals surface area contributed by atoms with Gasteiger partial charge in [0.05, 0.1) is 30.1 Å². The molecule has 0 unspecified atom stereocenters. The van der Waals surface area contributed by atoms with Gasteiger partial charge >= 0.3 is 0 Å². The summed E-state index contributed by atoms with van der Waals surface area (Å²) in [4.78, 5) is 9.42. The maximum Gasteiger partial charge on any atom is 0.212 e. The number of hydrogen-bond donors (Lipinski definition) is 1. The number of aryl methyl sites for hydroxylation is 2. The van der Waals surface area contributed by atoms with Crippen LogP contribution in [-0.4, -0.2) is 37.2 Å². The van der Waals surface area contributed by atoms with Gasteiger partial charge in [-0.3, -0.25) is 0 Å². The van der Waals surface area contributed by atoms with Gasteiger partial charge < -0.3 is 19.8 Å². The standard InChI is InChI=1S/C26H23ClN4O4S/c1-34-21-12-7-16(15-22(21)35-2)13-14-31-25(28)24(36(32,33)18-10-8-17(27)9-11-18)23-26(31)30-20-6-4-3-5-19(20)29-23/h3-12,15H,13-14,28H2,1-2H3. The third kappa shape index (κ3) is 4.10. The van der Waals surface area contributed by atoms with E-state index in [4.69, 9.17) is 31.8 Å². The highest BCUT2D eigenvalue weighted by atomic mass is 35.5. The summed E-state index contributed by atoms with van der Waals surface area (Å²) in [6.45, 7) is 0.376. The summed E-state index contributed by atoms with van der Waals surface area (Å²) < 4.78 is 39.9. The van der Waals surface area contributed by atoms with Crippen LogP contribution in [0.3, 0.4) is 0 Å². The molecule has 3 aromatic carbocycles. The molecule has 2 aromatic heterocycles. The van der Waals surface area contributed by atoms with Gasteiger partial charge in [-0.1, -0.05) is 29.8 Å². The van der Waals surface area contributed by atoms with Gasteiger partial charge in [-0.15, -0.1) is 0 Å². The number of hydrogen-bond acceptors (Lipinski definition) is 7. The fourth-order valence-electron chi connectivity index (χ4n) is 4.19. The number of nitrogens with two attached hydrogens (primary N) is 1. The van der Waals surface area contributed by atoms with Crippen LogP contribution in [0.2, 0.25) is 5.02 Å². The number of nitrogens with zero attached hydrogens (tertiary/aromatic N) is 3. The molecule has 0 saturated carbocycles. The van der Waals surface area contributed by atoms with Gasteiger partial charge in [-0.25, -0.2) is 18.4 Å². The normalized spacial score (nSPS) is 11.8.